The van der Waals surface area contributed by atoms with Gasteiger partial charge in [0.1, 0.15) is 17.7 Å². The molecule has 1 aliphatic heterocycles. The number of carbonyl (C=O) groups is 1. The second kappa shape index (κ2) is 8.17. The molecule has 1 atom stereocenters. The number of hydrogen-bond acceptors (Lipinski definition) is 5. The summed E-state index contributed by atoms with van der Waals surface area (Å²) in [6.45, 7) is 7.34. The van der Waals surface area contributed by atoms with Gasteiger partial charge in [0.15, 0.2) is 5.82 Å². The van der Waals surface area contributed by atoms with Crippen molar-refractivity contribution in [2.45, 2.75) is 52.6 Å². The van der Waals surface area contributed by atoms with E-state index < -0.39 is 0 Å². The van der Waals surface area contributed by atoms with E-state index in [-0.39, 0.29) is 11.9 Å². The molecule has 1 aromatic heterocycles. The average Bonchev–Trinajstić information content (AvgIpc) is 3.02. The number of benzene rings is 1. The molecule has 1 saturated heterocycles. The van der Waals surface area contributed by atoms with E-state index in [1.807, 2.05) is 25.7 Å². The molecular weight excluding hydrogens is 338 g/mol. The molecule has 1 aromatic carbocycles. The Kier molecular flexibility index (Phi) is 5.70. The first-order valence-electron chi connectivity index (χ1n) is 9.46. The lowest BCUT2D eigenvalue weighted by Crippen LogP contribution is -2.33. The summed E-state index contributed by atoms with van der Waals surface area (Å²) >= 11 is 0. The molecule has 0 radical (unpaired) electrons. The molecule has 1 unspecified atom stereocenters. The zero-order valence-corrected chi connectivity index (χ0v) is 16.1. The lowest BCUT2D eigenvalue weighted by molar-refractivity contribution is -0.128. The first-order chi connectivity index (χ1) is 13.1. The van der Waals surface area contributed by atoms with Crippen molar-refractivity contribution in [3.8, 4) is 6.07 Å². The quantitative estimate of drug-likeness (QED) is 0.853. The van der Waals surface area contributed by atoms with Crippen LogP contribution in [0.1, 0.15) is 48.2 Å². The summed E-state index contributed by atoms with van der Waals surface area (Å²) < 4.78 is 0. The van der Waals surface area contributed by atoms with Crippen LogP contribution in [0.15, 0.2) is 24.3 Å². The van der Waals surface area contributed by atoms with Crippen molar-refractivity contribution in [2.75, 3.05) is 11.9 Å². The predicted octanol–water partition coefficient (Wildman–Crippen LogP) is 2.99. The maximum absolute atomic E-state index is 12.8. The third kappa shape index (κ3) is 3.92. The number of rotatable bonds is 6. The number of aromatic nitrogens is 2. The van der Waals surface area contributed by atoms with Crippen LogP contribution in [-0.2, 0) is 24.2 Å². The third-order valence-electron chi connectivity index (χ3n) is 5.06. The van der Waals surface area contributed by atoms with Gasteiger partial charge in [-0.2, -0.15) is 10.4 Å². The first kappa shape index (κ1) is 18.8. The molecule has 0 bridgehead atoms. The minimum atomic E-state index is -0.367. The summed E-state index contributed by atoms with van der Waals surface area (Å²) in [5, 5.41) is 21.2. The number of nitrogens with zero attached hydrogens (tertiary/aromatic N) is 4. The number of amides is 1. The number of nitriles is 1. The zero-order chi connectivity index (χ0) is 19.4. The van der Waals surface area contributed by atoms with Crippen LogP contribution in [0.5, 0.6) is 0 Å². The molecular formula is C21H25N5O. The van der Waals surface area contributed by atoms with E-state index in [0.717, 1.165) is 23.2 Å². The van der Waals surface area contributed by atoms with Crippen molar-refractivity contribution >= 4 is 11.7 Å². The Morgan fingerprint density at radius 3 is 2.59 bits per heavy atom. The van der Waals surface area contributed by atoms with E-state index in [9.17, 15) is 10.1 Å². The van der Waals surface area contributed by atoms with Crippen molar-refractivity contribution in [1.29, 1.82) is 5.26 Å². The minimum absolute atomic E-state index is 0.0406. The largest absolute Gasteiger partial charge is 0.356 e. The highest BCUT2D eigenvalue weighted by molar-refractivity contribution is 5.86. The van der Waals surface area contributed by atoms with Crippen LogP contribution in [0.25, 0.3) is 0 Å². The number of hydrogen-bond donors (Lipinski definition) is 1. The highest BCUT2D eigenvalue weighted by Crippen LogP contribution is 2.24. The van der Waals surface area contributed by atoms with Crippen molar-refractivity contribution in [1.82, 2.24) is 15.1 Å². The second-order valence-electron chi connectivity index (χ2n) is 6.90. The molecule has 2 heterocycles. The Morgan fingerprint density at radius 1 is 1.22 bits per heavy atom. The van der Waals surface area contributed by atoms with Gasteiger partial charge in [0, 0.05) is 13.1 Å². The molecule has 0 spiro atoms. The van der Waals surface area contributed by atoms with E-state index in [4.69, 9.17) is 0 Å². The van der Waals surface area contributed by atoms with Gasteiger partial charge in [-0.05, 0) is 37.3 Å². The average molecular weight is 363 g/mol. The lowest BCUT2D eigenvalue weighted by atomic mass is 10.0. The topological polar surface area (TPSA) is 81.9 Å². The Hall–Kier alpha value is -2.94. The predicted molar refractivity (Wildman–Crippen MR) is 104 cm³/mol. The maximum Gasteiger partial charge on any atom is 0.245 e. The van der Waals surface area contributed by atoms with E-state index in [2.05, 4.69) is 45.8 Å². The van der Waals surface area contributed by atoms with Crippen LogP contribution < -0.4 is 5.32 Å². The highest BCUT2D eigenvalue weighted by Gasteiger charge is 2.32. The molecule has 1 fully saturated rings. The van der Waals surface area contributed by atoms with Gasteiger partial charge in [-0.25, -0.2) is 0 Å². The smallest absolute Gasteiger partial charge is 0.245 e. The number of nitrogens with one attached hydrogen (secondary N) is 1. The van der Waals surface area contributed by atoms with Gasteiger partial charge in [-0.15, -0.1) is 5.10 Å². The van der Waals surface area contributed by atoms with Crippen LogP contribution in [-0.4, -0.2) is 33.6 Å². The van der Waals surface area contributed by atoms with Crippen LogP contribution in [0, 0.1) is 18.3 Å². The summed E-state index contributed by atoms with van der Waals surface area (Å²) in [6, 6.07) is 10.1. The Balaban J connectivity index is 1.74. The van der Waals surface area contributed by atoms with Gasteiger partial charge in [-0.1, -0.05) is 43.7 Å². The van der Waals surface area contributed by atoms with Gasteiger partial charge in [0.2, 0.25) is 5.91 Å². The van der Waals surface area contributed by atoms with Gasteiger partial charge in [0.05, 0.1) is 5.69 Å². The van der Waals surface area contributed by atoms with E-state index >= 15 is 0 Å². The van der Waals surface area contributed by atoms with Crippen molar-refractivity contribution in [2.24, 2.45) is 0 Å². The fourth-order valence-corrected chi connectivity index (χ4v) is 3.50. The van der Waals surface area contributed by atoms with Crippen LogP contribution in [0.4, 0.5) is 5.82 Å². The molecule has 6 nitrogen and oxygen atoms in total. The molecule has 0 aliphatic carbocycles. The molecule has 140 valence electrons. The SMILES string of the molecule is CCc1nnc(NC2CCN(Cc3ccc(C)cc3)C2=O)c(C#N)c1CC. The summed E-state index contributed by atoms with van der Waals surface area (Å²) in [5.41, 5.74) is 4.59. The Bertz CT molecular complexity index is 869. The molecule has 1 aliphatic rings. The Morgan fingerprint density at radius 2 is 1.96 bits per heavy atom. The third-order valence-corrected chi connectivity index (χ3v) is 5.06. The fourth-order valence-electron chi connectivity index (χ4n) is 3.50. The normalized spacial score (nSPS) is 16.4. The number of anilines is 1. The summed E-state index contributed by atoms with van der Waals surface area (Å²) in [4.78, 5) is 14.6. The summed E-state index contributed by atoms with van der Waals surface area (Å²) in [6.07, 6.45) is 2.14. The number of likely N-dealkylation sites (tertiary alicyclic amines) is 1. The van der Waals surface area contributed by atoms with Gasteiger partial charge >= 0.3 is 0 Å². The molecule has 2 aromatic rings. The lowest BCUT2D eigenvalue weighted by Gasteiger charge is -2.18. The van der Waals surface area contributed by atoms with Crippen molar-refractivity contribution < 1.29 is 4.79 Å². The Labute approximate surface area is 160 Å². The maximum atomic E-state index is 12.8. The monoisotopic (exact) mass is 363 g/mol. The van der Waals surface area contributed by atoms with Crippen LogP contribution in [0.2, 0.25) is 0 Å². The van der Waals surface area contributed by atoms with E-state index in [1.54, 1.807) is 0 Å². The van der Waals surface area contributed by atoms with Crippen LogP contribution in [0.3, 0.4) is 0 Å². The minimum Gasteiger partial charge on any atom is -0.356 e. The molecule has 1 N–H and O–H groups in total. The van der Waals surface area contributed by atoms with Crippen molar-refractivity contribution in [3.05, 3.63) is 52.2 Å². The van der Waals surface area contributed by atoms with E-state index in [0.29, 0.717) is 37.3 Å². The zero-order valence-electron chi connectivity index (χ0n) is 16.1. The molecule has 1 amide bonds. The molecule has 3 rings (SSSR count). The van der Waals surface area contributed by atoms with Gasteiger partial charge in [0.25, 0.3) is 0 Å². The number of carbonyl (C=O) groups excluding carboxylic acids is 1. The molecule has 0 saturated carbocycles. The van der Waals surface area contributed by atoms with Crippen LogP contribution >= 0.6 is 0 Å². The highest BCUT2D eigenvalue weighted by atomic mass is 16.2. The fraction of sp³-hybridized carbons (Fsp3) is 0.429. The standard InChI is InChI=1S/C21H25N5O/c1-4-16-17(12-22)20(25-24-18(16)5-2)23-19-10-11-26(21(19)27)13-15-8-6-14(3)7-9-15/h6-9,19H,4-5,10-11,13H2,1-3H3,(H,23,25). The number of aryl methyl sites for hydroxylation is 2. The molecule has 6 heteroatoms. The van der Waals surface area contributed by atoms with Crippen molar-refractivity contribution in [3.63, 3.8) is 0 Å². The first-order valence-corrected chi connectivity index (χ1v) is 9.46. The summed E-state index contributed by atoms with van der Waals surface area (Å²) in [5.74, 6) is 0.459. The second-order valence-corrected chi connectivity index (χ2v) is 6.90. The van der Waals surface area contributed by atoms with E-state index in [1.165, 1.54) is 5.56 Å². The summed E-state index contributed by atoms with van der Waals surface area (Å²) in [7, 11) is 0. The molecule has 27 heavy (non-hydrogen) atoms. The van der Waals surface area contributed by atoms with Gasteiger partial charge in [-0.3, -0.25) is 4.79 Å². The van der Waals surface area contributed by atoms with Gasteiger partial charge < -0.3 is 10.2 Å².